The molecule has 1 saturated carbocycles. The molecule has 12 rings (SSSR count). The van der Waals surface area contributed by atoms with Gasteiger partial charge in [0.15, 0.2) is 40.7 Å². The summed E-state index contributed by atoms with van der Waals surface area (Å²) < 4.78 is 142. The number of carbonyl (C=O) groups excluding carboxylic acids is 3. The number of pyridine rings is 3. The van der Waals surface area contributed by atoms with E-state index < -0.39 is 84.1 Å². The van der Waals surface area contributed by atoms with E-state index in [1.54, 1.807) is 79.5 Å². The average Bonchev–Trinajstić information content (AvgIpc) is 1.60. The van der Waals surface area contributed by atoms with E-state index in [-0.39, 0.29) is 42.0 Å². The molecule has 3 amide bonds. The van der Waals surface area contributed by atoms with E-state index in [1.165, 1.54) is 23.8 Å². The standard InChI is InChI=1S/C19H18F4N6O.C19H19F3N6O.C18H16F4N6O.4H2/c1-18(17(30)27-10-19(21,22)23)5-3-7-29(18)16-13(20)9-26-15(28-16)12-8-25-14-11(12)4-2-6-24-14;1-18(17(29)26-11-19(20,21)22)6-3-9-28(18)14-5-8-24-16(27-14)13-10-25-15-12(13)4-2-7-23-15;1-28(17(4-5-17)16(29)26-9-18(20,21)22)15-12(19)8-25-14(27-15)11-7-24-13-10(11)3-2-6-23-13;;;;/h2,4,6,8-9H,3,5,7,10H2,1H3,(H,24,25)(H,27,30);2,4-5,7-8,10H,3,6,9,11H2,1H3,(H,23,25)(H,26,29);2-3,6-8H,4-5,9H2,1H3,(H,23,24)(H,26,29);4*1H. The highest BCUT2D eigenvalue weighted by Crippen LogP contribution is 2.44. The Hall–Kier alpha value is -9.65. The molecule has 2 saturated heterocycles. The summed E-state index contributed by atoms with van der Waals surface area (Å²) in [5.41, 5.74) is 0.134. The molecule has 0 radical (unpaired) electrons. The van der Waals surface area contributed by atoms with Gasteiger partial charge in [-0.1, -0.05) is 0 Å². The first-order chi connectivity index (χ1) is 41.7. The van der Waals surface area contributed by atoms with Crippen LogP contribution in [0.3, 0.4) is 0 Å². The van der Waals surface area contributed by atoms with Gasteiger partial charge in [-0.3, -0.25) is 14.4 Å². The SMILES string of the molecule is CC1(C(=O)NCC(F)(F)F)CCCN1c1ccnc(-c2c[nH]c3ncccc23)n1.CC1(C(=O)NCC(F)(F)F)CCCN1c1nc(-c2c[nH]c3ncccc23)ncc1F.CN(c1nc(-c2c[nH]c3ncccc23)ncc1F)C1(C(=O)NCC(F)(F)F)CC1.[HH].[HH].[HH].[HH]. The number of rotatable bonds is 13. The molecule has 0 bridgehead atoms. The first kappa shape index (κ1) is 61.4. The molecule has 9 aromatic rings. The van der Waals surface area contributed by atoms with Crippen molar-refractivity contribution < 1.29 is 68.4 Å². The van der Waals surface area contributed by atoms with Crippen LogP contribution < -0.4 is 30.7 Å². The van der Waals surface area contributed by atoms with Gasteiger partial charge in [0.2, 0.25) is 17.7 Å². The van der Waals surface area contributed by atoms with Crippen LogP contribution in [0.15, 0.2) is 98.2 Å². The lowest BCUT2D eigenvalue weighted by Gasteiger charge is -2.35. The molecular weight excluding hydrogens is 1180 g/mol. The minimum atomic E-state index is -4.54. The van der Waals surface area contributed by atoms with Crippen LogP contribution in [0.1, 0.15) is 58.1 Å². The molecule has 32 heteroatoms. The summed E-state index contributed by atoms with van der Waals surface area (Å²) in [5.74, 6) is -2.74. The van der Waals surface area contributed by atoms with Crippen molar-refractivity contribution in [2.45, 2.75) is 87.5 Å². The van der Waals surface area contributed by atoms with Crippen molar-refractivity contribution >= 4 is 68.3 Å². The molecule has 0 aromatic carbocycles. The number of anilines is 3. The van der Waals surface area contributed by atoms with Gasteiger partial charge in [-0.2, -0.15) is 39.5 Å². The zero-order valence-corrected chi connectivity index (χ0v) is 46.8. The number of fused-ring (bicyclic) bond motifs is 3. The van der Waals surface area contributed by atoms with E-state index in [0.29, 0.717) is 78.4 Å². The highest BCUT2D eigenvalue weighted by atomic mass is 19.4. The number of amides is 3. The van der Waals surface area contributed by atoms with Crippen molar-refractivity contribution in [2.24, 2.45) is 0 Å². The molecule has 11 heterocycles. The maximum absolute atomic E-state index is 14.7. The van der Waals surface area contributed by atoms with Crippen molar-refractivity contribution in [3.05, 3.63) is 110 Å². The second-order valence-electron chi connectivity index (χ2n) is 21.3. The van der Waals surface area contributed by atoms with E-state index >= 15 is 0 Å². The third-order valence-corrected chi connectivity index (χ3v) is 15.4. The van der Waals surface area contributed by atoms with Crippen LogP contribution in [-0.4, -0.2) is 152 Å². The number of halogens is 11. The van der Waals surface area contributed by atoms with Gasteiger partial charge in [-0.25, -0.2) is 53.6 Å². The van der Waals surface area contributed by atoms with Crippen LogP contribution in [0.25, 0.3) is 67.3 Å². The molecule has 1 aliphatic carbocycles. The van der Waals surface area contributed by atoms with Crippen molar-refractivity contribution in [1.82, 2.24) is 75.8 Å². The zero-order valence-electron chi connectivity index (χ0n) is 46.8. The molecule has 6 N–H and O–H groups in total. The summed E-state index contributed by atoms with van der Waals surface area (Å²) in [6, 6.07) is 12.5. The Bertz CT molecular complexity index is 4060. The molecule has 88 heavy (non-hydrogen) atoms. The third-order valence-electron chi connectivity index (χ3n) is 15.4. The number of H-pyrrole nitrogens is 3. The number of nitrogens with one attached hydrogen (secondary N) is 6. The zero-order chi connectivity index (χ0) is 63.0. The second-order valence-corrected chi connectivity index (χ2v) is 21.3. The topological polar surface area (TPSA) is 260 Å². The molecule has 2 unspecified atom stereocenters. The Balaban J connectivity index is 0.000000215. The molecule has 21 nitrogen and oxygen atoms in total. The maximum Gasteiger partial charge on any atom is 0.405 e. The molecule has 0 spiro atoms. The van der Waals surface area contributed by atoms with Crippen molar-refractivity contribution in [3.8, 4) is 34.2 Å². The smallest absolute Gasteiger partial charge is 0.345 e. The molecule has 3 fully saturated rings. The summed E-state index contributed by atoms with van der Waals surface area (Å²) in [6.45, 7) is -0.324. The van der Waals surface area contributed by atoms with Crippen molar-refractivity contribution in [2.75, 3.05) is 54.5 Å². The van der Waals surface area contributed by atoms with Crippen LogP contribution in [0.5, 0.6) is 0 Å². The van der Waals surface area contributed by atoms with Gasteiger partial charge in [0.25, 0.3) is 0 Å². The Kier molecular flexibility index (Phi) is 16.7. The molecule has 2 aliphatic heterocycles. The van der Waals surface area contributed by atoms with Gasteiger partial charge in [-0.05, 0) is 94.8 Å². The first-order valence-corrected chi connectivity index (χ1v) is 27.2. The Morgan fingerprint density at radius 2 is 0.966 bits per heavy atom. The fourth-order valence-electron chi connectivity index (χ4n) is 10.7. The molecule has 2 atom stereocenters. The van der Waals surface area contributed by atoms with Crippen LogP contribution in [-0.2, 0) is 14.4 Å². The average molecular weight is 1240 g/mol. The summed E-state index contributed by atoms with van der Waals surface area (Å²) in [4.78, 5) is 89.2. The van der Waals surface area contributed by atoms with E-state index in [4.69, 9.17) is 0 Å². The number of aromatic nitrogens is 12. The number of nitrogens with zero attached hydrogens (tertiary/aromatic N) is 12. The Labute approximate surface area is 497 Å². The van der Waals surface area contributed by atoms with Gasteiger partial charge < -0.3 is 45.6 Å². The lowest BCUT2D eigenvalue weighted by atomic mass is 9.97. The quantitative estimate of drug-likeness (QED) is 0.0587. The fourth-order valence-corrected chi connectivity index (χ4v) is 10.7. The Morgan fingerprint density at radius 3 is 1.43 bits per heavy atom. The minimum Gasteiger partial charge on any atom is -0.345 e. The van der Waals surface area contributed by atoms with Crippen LogP contribution in [0.4, 0.5) is 65.7 Å². The molecular formula is C56H61F11N18O3. The van der Waals surface area contributed by atoms with E-state index in [9.17, 15) is 62.7 Å². The van der Waals surface area contributed by atoms with Gasteiger partial charge in [-0.15, -0.1) is 0 Å². The predicted octanol–water partition coefficient (Wildman–Crippen LogP) is 10.0. The minimum absolute atomic E-state index is 0. The van der Waals surface area contributed by atoms with E-state index in [2.05, 4.69) is 59.8 Å². The summed E-state index contributed by atoms with van der Waals surface area (Å²) in [5, 5.41) is 8.12. The maximum atomic E-state index is 14.7. The van der Waals surface area contributed by atoms with Crippen molar-refractivity contribution in [1.29, 1.82) is 0 Å². The highest BCUT2D eigenvalue weighted by Gasteiger charge is 2.55. The number of alkyl halides is 9. The lowest BCUT2D eigenvalue weighted by molar-refractivity contribution is -0.141. The number of aromatic amines is 3. The van der Waals surface area contributed by atoms with Gasteiger partial charge in [0.1, 0.15) is 59.0 Å². The largest absolute Gasteiger partial charge is 0.405 e. The number of hydrogen-bond donors (Lipinski definition) is 6. The highest BCUT2D eigenvalue weighted by molar-refractivity contribution is 5.96. The normalized spacial score (nSPS) is 18.2. The molecule has 9 aromatic heterocycles. The predicted molar refractivity (Wildman–Crippen MR) is 307 cm³/mol. The monoisotopic (exact) mass is 1240 g/mol. The van der Waals surface area contributed by atoms with Gasteiger partial charge >= 0.3 is 18.5 Å². The number of likely N-dealkylation sites (N-methyl/N-ethyl adjacent to an activating group) is 1. The third kappa shape index (κ3) is 12.9. The number of hydrogen-bond acceptors (Lipinski definition) is 15. The summed E-state index contributed by atoms with van der Waals surface area (Å²) >= 11 is 0. The van der Waals surface area contributed by atoms with E-state index in [1.807, 2.05) is 34.1 Å². The fraction of sp³-hybridized carbons (Fsp3) is 0.357. The molecule has 3 aliphatic rings. The van der Waals surface area contributed by atoms with Gasteiger partial charge in [0.05, 0.1) is 12.4 Å². The van der Waals surface area contributed by atoms with Crippen LogP contribution >= 0.6 is 0 Å². The summed E-state index contributed by atoms with van der Waals surface area (Å²) in [7, 11) is 1.44. The summed E-state index contributed by atoms with van der Waals surface area (Å²) in [6.07, 6.45) is 2.47. The van der Waals surface area contributed by atoms with Crippen molar-refractivity contribution in [3.63, 3.8) is 0 Å². The van der Waals surface area contributed by atoms with Gasteiger partial charge in [0, 0.05) is 102 Å². The van der Waals surface area contributed by atoms with E-state index in [0.717, 1.165) is 34.1 Å². The lowest BCUT2D eigenvalue weighted by Crippen LogP contribution is -2.55. The molecule has 470 valence electrons. The Morgan fingerprint density at radius 1 is 0.545 bits per heavy atom. The van der Waals surface area contributed by atoms with Crippen LogP contribution in [0, 0.1) is 11.6 Å². The second kappa shape index (κ2) is 23.9. The first-order valence-electron chi connectivity index (χ1n) is 27.2. The number of carbonyl (C=O) groups is 3. The van der Waals surface area contributed by atoms with Crippen LogP contribution in [0.2, 0.25) is 0 Å².